The van der Waals surface area contributed by atoms with Gasteiger partial charge in [-0.2, -0.15) is 0 Å². The highest BCUT2D eigenvalue weighted by molar-refractivity contribution is 7.80. The number of pyridine rings is 2. The van der Waals surface area contributed by atoms with E-state index in [-0.39, 0.29) is 0 Å². The molecule has 0 aliphatic carbocycles. The third-order valence-corrected chi connectivity index (χ3v) is 1.68. The molecule has 2 aromatic heterocycles. The molecule has 11 heavy (non-hydrogen) atoms. The summed E-state index contributed by atoms with van der Waals surface area (Å²) in [4.78, 5) is 9.04. The molecule has 0 N–H and O–H groups in total. The second-order valence-electron chi connectivity index (χ2n) is 2.24. The van der Waals surface area contributed by atoms with Gasteiger partial charge in [0.1, 0.15) is 0 Å². The highest BCUT2D eigenvalue weighted by Crippen LogP contribution is 2.11. The van der Waals surface area contributed by atoms with Crippen LogP contribution in [0.15, 0.2) is 35.5 Å². The van der Waals surface area contributed by atoms with E-state index in [9.17, 15) is 0 Å². The van der Waals surface area contributed by atoms with E-state index in [0.717, 1.165) is 15.9 Å². The van der Waals surface area contributed by atoms with Gasteiger partial charge in [0, 0.05) is 22.7 Å². The fourth-order valence-electron chi connectivity index (χ4n) is 0.954. The summed E-state index contributed by atoms with van der Waals surface area (Å²) in [5.74, 6) is 0. The van der Waals surface area contributed by atoms with Crippen molar-refractivity contribution in [3.05, 3.63) is 30.6 Å². The van der Waals surface area contributed by atoms with Crippen LogP contribution in [0.2, 0.25) is 0 Å². The first kappa shape index (κ1) is 6.61. The summed E-state index contributed by atoms with van der Waals surface area (Å²) in [5, 5.41) is 1.03. The van der Waals surface area contributed by atoms with Crippen LogP contribution in [0, 0.1) is 0 Å². The minimum atomic E-state index is 0.769. The molecule has 0 aromatic carbocycles. The molecule has 0 amide bonds. The van der Waals surface area contributed by atoms with Crippen molar-refractivity contribution in [3.8, 4) is 0 Å². The average Bonchev–Trinajstić information content (AvgIpc) is 2.04. The van der Waals surface area contributed by atoms with Crippen molar-refractivity contribution in [3.63, 3.8) is 0 Å². The van der Waals surface area contributed by atoms with E-state index in [1.54, 1.807) is 12.4 Å². The minimum Gasteiger partial charge on any atom is -0.237 e. The van der Waals surface area contributed by atoms with Gasteiger partial charge in [-0.05, 0) is 18.2 Å². The van der Waals surface area contributed by atoms with Gasteiger partial charge < -0.3 is 0 Å². The number of hydrogen-bond acceptors (Lipinski definition) is 3. The number of hydrogen-bond donors (Lipinski definition) is 1. The lowest BCUT2D eigenvalue weighted by Crippen LogP contribution is -1.81. The lowest BCUT2D eigenvalue weighted by Gasteiger charge is -1.94. The first-order valence-corrected chi connectivity index (χ1v) is 3.71. The van der Waals surface area contributed by atoms with Crippen molar-refractivity contribution in [1.82, 2.24) is 9.97 Å². The van der Waals surface area contributed by atoms with Crippen LogP contribution >= 0.6 is 12.6 Å². The van der Waals surface area contributed by atoms with Gasteiger partial charge in [0.25, 0.3) is 0 Å². The lowest BCUT2D eigenvalue weighted by molar-refractivity contribution is 1.24. The molecule has 0 aliphatic heterocycles. The molecule has 2 heterocycles. The Morgan fingerprint density at radius 1 is 1.27 bits per heavy atom. The summed E-state index contributed by atoms with van der Waals surface area (Å²) in [6.45, 7) is 0. The average molecular weight is 162 g/mol. The number of thiol groups is 1. The molecular weight excluding hydrogens is 156 g/mol. The van der Waals surface area contributed by atoms with E-state index >= 15 is 0 Å². The maximum Gasteiger partial charge on any atom is 0.159 e. The van der Waals surface area contributed by atoms with Crippen molar-refractivity contribution < 1.29 is 0 Å². The molecule has 0 unspecified atom stereocenters. The lowest BCUT2D eigenvalue weighted by atomic mass is 10.3. The van der Waals surface area contributed by atoms with Crippen LogP contribution in [0.25, 0.3) is 11.0 Å². The van der Waals surface area contributed by atoms with Gasteiger partial charge in [0.2, 0.25) is 0 Å². The van der Waals surface area contributed by atoms with Crippen molar-refractivity contribution in [1.29, 1.82) is 0 Å². The highest BCUT2D eigenvalue weighted by Gasteiger charge is 1.92. The quantitative estimate of drug-likeness (QED) is 0.599. The van der Waals surface area contributed by atoms with Crippen molar-refractivity contribution >= 4 is 23.7 Å². The summed E-state index contributed by atoms with van der Waals surface area (Å²) >= 11 is 4.17. The Labute approximate surface area is 69.7 Å². The summed E-state index contributed by atoms with van der Waals surface area (Å²) < 4.78 is 0. The van der Waals surface area contributed by atoms with Gasteiger partial charge in [-0.25, -0.2) is 9.97 Å². The first-order chi connectivity index (χ1) is 5.36. The van der Waals surface area contributed by atoms with E-state index in [1.165, 1.54) is 0 Å². The van der Waals surface area contributed by atoms with Crippen molar-refractivity contribution in [2.45, 2.75) is 4.90 Å². The van der Waals surface area contributed by atoms with E-state index in [1.807, 2.05) is 18.2 Å². The highest BCUT2D eigenvalue weighted by atomic mass is 32.1. The van der Waals surface area contributed by atoms with Crippen LogP contribution in [0.5, 0.6) is 0 Å². The normalized spacial score (nSPS) is 10.3. The minimum absolute atomic E-state index is 0.769. The maximum atomic E-state index is 4.17. The molecule has 54 valence electrons. The molecule has 0 saturated heterocycles. The Bertz CT molecular complexity index is 387. The molecule has 0 saturated carbocycles. The fraction of sp³-hybridized carbons (Fsp3) is 0. The molecule has 0 atom stereocenters. The topological polar surface area (TPSA) is 25.8 Å². The summed E-state index contributed by atoms with van der Waals surface area (Å²) in [6, 6.07) is 5.80. The van der Waals surface area contributed by atoms with Gasteiger partial charge in [-0.3, -0.25) is 0 Å². The van der Waals surface area contributed by atoms with Gasteiger partial charge in [0.15, 0.2) is 5.65 Å². The van der Waals surface area contributed by atoms with Crippen LogP contribution in [0.4, 0.5) is 0 Å². The monoisotopic (exact) mass is 162 g/mol. The molecule has 0 fully saturated rings. The zero-order chi connectivity index (χ0) is 7.68. The van der Waals surface area contributed by atoms with Crippen LogP contribution in [-0.4, -0.2) is 9.97 Å². The zero-order valence-electron chi connectivity index (χ0n) is 5.73. The molecule has 3 heteroatoms. The van der Waals surface area contributed by atoms with Gasteiger partial charge in [-0.15, -0.1) is 12.6 Å². The standard InChI is InChI=1S/C8H6N2S/c11-7-4-6-2-1-3-9-8(6)10-5-7/h1-5,11H. The molecule has 2 rings (SSSR count). The Morgan fingerprint density at radius 3 is 3.09 bits per heavy atom. The molecule has 2 nitrogen and oxygen atoms in total. The fourth-order valence-corrected chi connectivity index (χ4v) is 1.15. The van der Waals surface area contributed by atoms with Gasteiger partial charge in [-0.1, -0.05) is 0 Å². The van der Waals surface area contributed by atoms with Crippen LogP contribution < -0.4 is 0 Å². The maximum absolute atomic E-state index is 4.17. The second kappa shape index (κ2) is 2.51. The number of rotatable bonds is 0. The Kier molecular flexibility index (Phi) is 1.51. The largest absolute Gasteiger partial charge is 0.237 e. The van der Waals surface area contributed by atoms with Crippen LogP contribution in [0.1, 0.15) is 0 Å². The number of fused-ring (bicyclic) bond motifs is 1. The van der Waals surface area contributed by atoms with E-state index in [4.69, 9.17) is 0 Å². The molecule has 2 aromatic rings. The number of nitrogens with zero attached hydrogens (tertiary/aromatic N) is 2. The van der Waals surface area contributed by atoms with Gasteiger partial charge >= 0.3 is 0 Å². The van der Waals surface area contributed by atoms with E-state index in [0.29, 0.717) is 0 Å². The Balaban J connectivity index is 2.83. The predicted octanol–water partition coefficient (Wildman–Crippen LogP) is 1.92. The van der Waals surface area contributed by atoms with E-state index in [2.05, 4.69) is 22.6 Å². The third kappa shape index (κ3) is 1.19. The van der Waals surface area contributed by atoms with Gasteiger partial charge in [0.05, 0.1) is 0 Å². The summed E-state index contributed by atoms with van der Waals surface area (Å²) in [5.41, 5.74) is 0.769. The number of aromatic nitrogens is 2. The second-order valence-corrected chi connectivity index (χ2v) is 2.76. The molecule has 0 aliphatic rings. The van der Waals surface area contributed by atoms with Crippen molar-refractivity contribution in [2.24, 2.45) is 0 Å². The zero-order valence-corrected chi connectivity index (χ0v) is 6.62. The molecule has 0 radical (unpaired) electrons. The summed E-state index contributed by atoms with van der Waals surface area (Å²) in [7, 11) is 0. The molecule has 0 spiro atoms. The smallest absolute Gasteiger partial charge is 0.159 e. The molecular formula is C8H6N2S. The van der Waals surface area contributed by atoms with Crippen LogP contribution in [0.3, 0.4) is 0 Å². The SMILES string of the molecule is Sc1cnc2ncccc2c1. The van der Waals surface area contributed by atoms with Crippen molar-refractivity contribution in [2.75, 3.05) is 0 Å². The first-order valence-electron chi connectivity index (χ1n) is 3.26. The van der Waals surface area contributed by atoms with Crippen LogP contribution in [-0.2, 0) is 0 Å². The Hall–Kier alpha value is -1.09. The van der Waals surface area contributed by atoms with E-state index < -0.39 is 0 Å². The molecule has 0 bridgehead atoms. The Morgan fingerprint density at radius 2 is 2.18 bits per heavy atom. The summed E-state index contributed by atoms with van der Waals surface area (Å²) in [6.07, 6.45) is 3.42. The third-order valence-electron chi connectivity index (χ3n) is 1.44. The predicted molar refractivity (Wildman–Crippen MR) is 46.8 cm³/mol.